The summed E-state index contributed by atoms with van der Waals surface area (Å²) in [6.07, 6.45) is -25.7. The van der Waals surface area contributed by atoms with Crippen molar-refractivity contribution in [2.45, 2.75) is 123 Å². The molecule has 1 amide bonds. The zero-order valence-corrected chi connectivity index (χ0v) is 34.5. The van der Waals surface area contributed by atoms with Crippen LogP contribution in [0.5, 0.6) is 0 Å². The van der Waals surface area contributed by atoms with Crippen molar-refractivity contribution in [3.63, 3.8) is 0 Å². The van der Waals surface area contributed by atoms with Gasteiger partial charge in [0.25, 0.3) is 0 Å². The first-order valence-electron chi connectivity index (χ1n) is 18.9. The topological polar surface area (TPSA) is 102 Å². The Bertz CT molecular complexity index is 2350. The summed E-state index contributed by atoms with van der Waals surface area (Å²) in [6.45, 7) is 1.19. The number of carbonyl (C=O) groups is 2. The van der Waals surface area contributed by atoms with E-state index in [0.29, 0.717) is 24.3 Å². The molecule has 7 nitrogen and oxygen atoms in total. The number of carbonyl (C=O) groups excluding carboxylic acids is 1. The lowest BCUT2D eigenvalue weighted by Crippen LogP contribution is -2.70. The van der Waals surface area contributed by atoms with Crippen LogP contribution in [0.2, 0.25) is 0 Å². The number of alkyl halides is 26. The number of nitrogens with zero attached hydrogens (tertiary/aromatic N) is 1. The van der Waals surface area contributed by atoms with Crippen LogP contribution in [0, 0.1) is 6.92 Å². The minimum atomic E-state index is -8.21. The van der Waals surface area contributed by atoms with Crippen molar-refractivity contribution in [3.8, 4) is 11.1 Å². The highest BCUT2D eigenvalue weighted by Crippen LogP contribution is 2.63. The van der Waals surface area contributed by atoms with E-state index in [0.717, 1.165) is 26.0 Å². The van der Waals surface area contributed by atoms with Crippen LogP contribution in [0.4, 0.5) is 119 Å². The quantitative estimate of drug-likeness (QED) is 0.116. The highest BCUT2D eigenvalue weighted by atomic mass is 19.4. The van der Waals surface area contributed by atoms with Crippen molar-refractivity contribution in [3.05, 3.63) is 76.0 Å². The Hall–Kier alpha value is -5.43. The Morgan fingerprint density at radius 1 is 0.592 bits per heavy atom. The summed E-state index contributed by atoms with van der Waals surface area (Å²) in [7, 11) is 0. The summed E-state index contributed by atoms with van der Waals surface area (Å²) in [4.78, 5) is 27.8. The average molecular weight is 1080 g/mol. The standard InChI is InChI=1S/C38H26F26N2O5/c1-14(24-66-23(25(67)68)15(2)71-24)65-26(69)70-13-22-20-11-16(7-9-27(39,40)29(43,44)31(47,48)33(51,52)35(55,56)37(59,60)61)3-5-18(20)19-6-4-17(12-21(19)22)8-10-28(41,42)30(45,46)32(49,50)34(53,54)36(57,58)38(62,63)64/h3-6,11-12,14,22H,7-10,13H2,1-2H3,(H,65,69)(H,67,68)/t14-/m1/s1. The number of hydrogen-bond donors (Lipinski definition) is 2. The number of aryl methyl sites for hydroxylation is 3. The van der Waals surface area contributed by atoms with Crippen molar-refractivity contribution in [1.29, 1.82) is 0 Å². The molecule has 4 rings (SSSR count). The maximum Gasteiger partial charge on any atom is 0.460 e. The van der Waals surface area contributed by atoms with Gasteiger partial charge in [0.05, 0.1) is 0 Å². The van der Waals surface area contributed by atoms with E-state index in [1.807, 2.05) is 0 Å². The lowest BCUT2D eigenvalue weighted by molar-refractivity contribution is -0.440. The Labute approximate surface area is 377 Å². The summed E-state index contributed by atoms with van der Waals surface area (Å²) in [5.41, 5.74) is -3.13. The molecule has 1 heterocycles. The molecule has 1 atom stereocenters. The third kappa shape index (κ3) is 9.45. The molecule has 1 aromatic heterocycles. The number of amides is 1. The van der Waals surface area contributed by atoms with Crippen molar-refractivity contribution in [1.82, 2.24) is 10.3 Å². The zero-order chi connectivity index (χ0) is 55.1. The van der Waals surface area contributed by atoms with Crippen LogP contribution in [-0.2, 0) is 17.6 Å². The first-order valence-corrected chi connectivity index (χ1v) is 18.9. The molecule has 400 valence electrons. The number of carboxylic acids is 1. The number of halogens is 26. The normalized spacial score (nSPS) is 15.7. The number of carboxylic acid groups (broad SMARTS) is 1. The molecule has 2 N–H and O–H groups in total. The zero-order valence-electron chi connectivity index (χ0n) is 34.5. The molecule has 0 saturated carbocycles. The van der Waals surface area contributed by atoms with E-state index in [1.165, 1.54) is 0 Å². The lowest BCUT2D eigenvalue weighted by atomic mass is 9.90. The van der Waals surface area contributed by atoms with Gasteiger partial charge < -0.3 is 19.6 Å². The van der Waals surface area contributed by atoms with Crippen LogP contribution in [0.1, 0.15) is 76.1 Å². The molecule has 0 saturated heterocycles. The van der Waals surface area contributed by atoms with E-state index >= 15 is 0 Å². The Morgan fingerprint density at radius 3 is 1.27 bits per heavy atom. The van der Waals surface area contributed by atoms with E-state index in [2.05, 4.69) is 10.3 Å². The van der Waals surface area contributed by atoms with Gasteiger partial charge in [-0.3, -0.25) is 0 Å². The molecular formula is C38H26F26N2O5. The van der Waals surface area contributed by atoms with Gasteiger partial charge in [-0.15, -0.1) is 0 Å². The highest BCUT2D eigenvalue weighted by molar-refractivity contribution is 5.86. The smallest absolute Gasteiger partial charge is 0.460 e. The van der Waals surface area contributed by atoms with E-state index in [4.69, 9.17) is 9.15 Å². The monoisotopic (exact) mass is 1080 g/mol. The molecule has 3 aromatic rings. The summed E-state index contributed by atoms with van der Waals surface area (Å²) in [5, 5.41) is 11.3. The predicted molar refractivity (Wildman–Crippen MR) is 183 cm³/mol. The number of aromatic carboxylic acids is 1. The van der Waals surface area contributed by atoms with Crippen molar-refractivity contribution in [2.24, 2.45) is 0 Å². The van der Waals surface area contributed by atoms with E-state index in [9.17, 15) is 129 Å². The second-order valence-electron chi connectivity index (χ2n) is 15.6. The number of alkyl carbamates (subject to hydrolysis) is 1. The van der Waals surface area contributed by atoms with Crippen LogP contribution in [0.15, 0.2) is 40.8 Å². The largest absolute Gasteiger partial charge is 0.476 e. The molecular weight excluding hydrogens is 1060 g/mol. The fourth-order valence-electron chi connectivity index (χ4n) is 6.71. The summed E-state index contributed by atoms with van der Waals surface area (Å²) in [5.74, 6) is -81.1. The maximum atomic E-state index is 14.7. The van der Waals surface area contributed by atoms with E-state index in [-0.39, 0.29) is 28.0 Å². The maximum absolute atomic E-state index is 14.7. The van der Waals surface area contributed by atoms with Gasteiger partial charge in [0.1, 0.15) is 18.4 Å². The first-order chi connectivity index (χ1) is 31.6. The fourth-order valence-corrected chi connectivity index (χ4v) is 6.71. The van der Waals surface area contributed by atoms with Crippen molar-refractivity contribution < 1.29 is 138 Å². The fraction of sp³-hybridized carbons (Fsp3) is 0.553. The molecule has 0 fully saturated rings. The minimum Gasteiger partial charge on any atom is -0.476 e. The van der Waals surface area contributed by atoms with E-state index < -0.39 is 151 Å². The number of ether oxygens (including phenoxy) is 1. The number of hydrogen-bond acceptors (Lipinski definition) is 5. The molecule has 71 heavy (non-hydrogen) atoms. The van der Waals surface area contributed by atoms with Gasteiger partial charge in [-0.25, -0.2) is 14.6 Å². The Morgan fingerprint density at radius 2 is 0.944 bits per heavy atom. The third-order valence-electron chi connectivity index (χ3n) is 10.8. The molecule has 1 aliphatic carbocycles. The van der Waals surface area contributed by atoms with Crippen LogP contribution in [0.3, 0.4) is 0 Å². The first kappa shape index (κ1) is 58.1. The molecule has 1 aliphatic rings. The predicted octanol–water partition coefficient (Wildman–Crippen LogP) is 13.6. The number of rotatable bonds is 19. The SMILES string of the molecule is Cc1oc([C@@H](C)NC(=O)OCC2c3cc(CCC(F)(F)C(F)(F)C(F)(F)C(F)(F)C(F)(F)C(F)(F)F)ccc3-c3ccc(CCC(F)(F)C(F)(F)C(F)(F)C(F)(F)C(F)(F)C(F)(F)F)cc32)nc1C(=O)O. The van der Waals surface area contributed by atoms with Crippen molar-refractivity contribution >= 4 is 12.1 Å². The number of aromatic nitrogens is 1. The van der Waals surface area contributed by atoms with Gasteiger partial charge in [-0.2, -0.15) is 114 Å². The Kier molecular flexibility index (Phi) is 14.7. The minimum absolute atomic E-state index is 0.170. The number of fused-ring (bicyclic) bond motifs is 3. The molecule has 2 aromatic carbocycles. The van der Waals surface area contributed by atoms with E-state index in [1.54, 1.807) is 0 Å². The summed E-state index contributed by atoms with van der Waals surface area (Å²) < 4.78 is 367. The van der Waals surface area contributed by atoms with Crippen LogP contribution >= 0.6 is 0 Å². The average Bonchev–Trinajstić information content (AvgIpc) is 3.77. The molecule has 0 radical (unpaired) electrons. The van der Waals surface area contributed by atoms with Crippen LogP contribution < -0.4 is 5.32 Å². The van der Waals surface area contributed by atoms with Gasteiger partial charge in [0.2, 0.25) is 5.89 Å². The van der Waals surface area contributed by atoms with Crippen LogP contribution in [0.25, 0.3) is 11.1 Å². The molecule has 0 spiro atoms. The second-order valence-corrected chi connectivity index (χ2v) is 15.6. The van der Waals surface area contributed by atoms with Crippen molar-refractivity contribution in [2.75, 3.05) is 6.61 Å². The molecule has 33 heteroatoms. The summed E-state index contributed by atoms with van der Waals surface area (Å²) in [6, 6.07) is 3.10. The van der Waals surface area contributed by atoms with Gasteiger partial charge in [0, 0.05) is 18.8 Å². The molecule has 0 aliphatic heterocycles. The van der Waals surface area contributed by atoms with Crippen LogP contribution in [-0.4, -0.2) is 100 Å². The highest BCUT2D eigenvalue weighted by Gasteiger charge is 2.92. The molecule has 0 bridgehead atoms. The number of nitrogens with one attached hydrogen (secondary N) is 1. The lowest BCUT2D eigenvalue weighted by Gasteiger charge is -2.39. The van der Waals surface area contributed by atoms with Gasteiger partial charge >= 0.3 is 83.6 Å². The third-order valence-corrected chi connectivity index (χ3v) is 10.8. The molecule has 0 unspecified atom stereocenters. The van der Waals surface area contributed by atoms with Gasteiger partial charge in [0.15, 0.2) is 5.69 Å². The van der Waals surface area contributed by atoms with Gasteiger partial charge in [-0.1, -0.05) is 36.4 Å². The Balaban J connectivity index is 1.70. The number of oxazole rings is 1. The van der Waals surface area contributed by atoms with Gasteiger partial charge in [-0.05, 0) is 60.1 Å². The second kappa shape index (κ2) is 17.9. The summed E-state index contributed by atoms with van der Waals surface area (Å²) >= 11 is 0. The number of benzene rings is 2.